The van der Waals surface area contributed by atoms with E-state index < -0.39 is 56.5 Å². The first-order valence-corrected chi connectivity index (χ1v) is 33.1. The van der Waals surface area contributed by atoms with Crippen molar-refractivity contribution < 1.29 is 72.4 Å². The zero-order valence-corrected chi connectivity index (χ0v) is 53.5. The summed E-state index contributed by atoms with van der Waals surface area (Å²) in [6, 6.07) is 40.2. The van der Waals surface area contributed by atoms with Crippen molar-refractivity contribution >= 4 is 26.9 Å². The number of aryl methyl sites for hydroxylation is 1. The Labute approximate surface area is 535 Å². The average molecular weight is 1200 g/mol. The first kappa shape index (κ1) is 61.6. The Balaban J connectivity index is 0.00000739. The van der Waals surface area contributed by atoms with Crippen LogP contribution in [-0.2, 0) is 39.8 Å². The van der Waals surface area contributed by atoms with Crippen LogP contribution in [0.3, 0.4) is 0 Å². The van der Waals surface area contributed by atoms with Gasteiger partial charge in [-0.1, -0.05) is 124 Å². The van der Waals surface area contributed by atoms with Crippen molar-refractivity contribution in [3.05, 3.63) is 183 Å². The van der Waals surface area contributed by atoms with E-state index in [2.05, 4.69) is 93.3 Å². The van der Waals surface area contributed by atoms with Gasteiger partial charge in [-0.25, -0.2) is 13.4 Å². The van der Waals surface area contributed by atoms with Crippen LogP contribution in [-0.4, -0.2) is 62.9 Å². The predicted molar refractivity (Wildman–Crippen MR) is 334 cm³/mol. The third kappa shape index (κ3) is 11.9. The number of hydrogen-bond donors (Lipinski definition) is 6. The number of fused-ring (bicyclic) bond motifs is 10. The van der Waals surface area contributed by atoms with Gasteiger partial charge in [0.1, 0.15) is 23.4 Å². The van der Waals surface area contributed by atoms with Crippen LogP contribution < -0.4 is 45.8 Å². The van der Waals surface area contributed by atoms with Crippen LogP contribution in [0, 0.1) is 59.2 Å². The Morgan fingerprint density at radius 2 is 1.62 bits per heavy atom. The molecular weight excluding hydrogens is 1120 g/mol. The summed E-state index contributed by atoms with van der Waals surface area (Å²) in [6.07, 6.45) is 9.67. The Kier molecular flexibility index (Phi) is 17.4. The molecule has 0 aromatic heterocycles. The molecule has 0 radical (unpaired) electrons. The number of nitrogens with two attached hydrogens (primary N) is 2. The number of aromatic hydroxyl groups is 2. The molecule has 15 atom stereocenters. The topological polar surface area (TPSA) is 221 Å². The number of rotatable bonds is 9. The molecule has 0 spiro atoms. The monoisotopic (exact) mass is 1200 g/mol. The van der Waals surface area contributed by atoms with E-state index in [9.17, 15) is 33.4 Å². The molecule has 5 heterocycles. The minimum absolute atomic E-state index is 0. The molecular formula is C73H82N3NaO9S. The number of aliphatic imine (C=N–C) groups is 1. The smallest absolute Gasteiger partial charge is 0.748 e. The number of phenols is 2. The Bertz CT molecular complexity index is 3780. The van der Waals surface area contributed by atoms with Gasteiger partial charge >= 0.3 is 29.6 Å². The maximum absolute atomic E-state index is 14.5. The van der Waals surface area contributed by atoms with Crippen LogP contribution >= 0.6 is 0 Å². The van der Waals surface area contributed by atoms with E-state index in [1.54, 1.807) is 12.1 Å². The van der Waals surface area contributed by atoms with E-state index in [-0.39, 0.29) is 102 Å². The van der Waals surface area contributed by atoms with Crippen LogP contribution in [0.5, 0.6) is 17.2 Å². The SMILES string of the molecule is CC(C)Cc1cc(O)cc2cc(C3CCC4CCC(C5(N=C(N)N)Oc6ccc7c(c6)CCC(C)C7CC(S(=O)(=O)[O-])C6C=C7CC(CC8CC(CO)CC#Cc9cc(O)ccc9C7O8)C6c6ccc5cc6)C(Cc5ccccc5)C4(O)C3)ccc12.[Na+]. The fourth-order valence-electron chi connectivity index (χ4n) is 17.7. The van der Waals surface area contributed by atoms with E-state index in [0.29, 0.717) is 80.6 Å². The third-order valence-corrected chi connectivity index (χ3v) is 22.8. The summed E-state index contributed by atoms with van der Waals surface area (Å²) in [6.45, 7) is 6.46. The first-order valence-electron chi connectivity index (χ1n) is 31.6. The van der Waals surface area contributed by atoms with E-state index in [4.69, 9.17) is 25.9 Å². The van der Waals surface area contributed by atoms with Crippen molar-refractivity contribution in [3.63, 3.8) is 0 Å². The number of aliphatic hydroxyl groups excluding tert-OH is 1. The number of aliphatic hydroxyl groups is 2. The summed E-state index contributed by atoms with van der Waals surface area (Å²) in [5.41, 5.74) is 19.8. The molecule has 87 heavy (non-hydrogen) atoms. The van der Waals surface area contributed by atoms with Crippen molar-refractivity contribution in [3.8, 4) is 29.1 Å². The summed E-state index contributed by atoms with van der Waals surface area (Å²) in [7, 11) is -4.97. The number of benzene rings is 6. The molecule has 6 aromatic carbocycles. The van der Waals surface area contributed by atoms with Crippen molar-refractivity contribution in [1.82, 2.24) is 0 Å². The number of guanidine groups is 1. The molecule has 3 fully saturated rings. The Morgan fingerprint density at radius 1 is 0.851 bits per heavy atom. The number of ether oxygens (including phenoxy) is 2. The fraction of sp³-hybridized carbons (Fsp3) is 0.466. The zero-order chi connectivity index (χ0) is 59.8. The van der Waals surface area contributed by atoms with Crippen molar-refractivity contribution in [2.24, 2.45) is 63.8 Å². The predicted octanol–water partition coefficient (Wildman–Crippen LogP) is 9.46. The third-order valence-electron chi connectivity index (χ3n) is 21.5. The summed E-state index contributed by atoms with van der Waals surface area (Å²) in [4.78, 5) is 5.35. The molecule has 2 saturated carbocycles. The summed E-state index contributed by atoms with van der Waals surface area (Å²) in [5.74, 6) is 4.94. The summed E-state index contributed by atoms with van der Waals surface area (Å²) >= 11 is 0. The molecule has 10 bridgehead atoms. The summed E-state index contributed by atoms with van der Waals surface area (Å²) < 4.78 is 58.3. The van der Waals surface area contributed by atoms with E-state index in [1.165, 1.54) is 0 Å². The molecule has 5 aliphatic heterocycles. The normalized spacial score (nSPS) is 31.8. The number of phenolic OH excluding ortho intramolecular Hbond substituents is 2. The largest absolute Gasteiger partial charge is 1.00 e. The van der Waals surface area contributed by atoms with Gasteiger partial charge in [0, 0.05) is 41.6 Å². The van der Waals surface area contributed by atoms with Gasteiger partial charge in [0.2, 0.25) is 5.72 Å². The van der Waals surface area contributed by atoms with Gasteiger partial charge < -0.3 is 45.9 Å². The number of allylic oxidation sites excluding steroid dienone is 1. The zero-order valence-electron chi connectivity index (χ0n) is 50.7. The Morgan fingerprint density at radius 3 is 2.38 bits per heavy atom. The molecule has 9 aliphatic rings. The number of hydrogen-bond acceptors (Lipinski definition) is 10. The maximum Gasteiger partial charge on any atom is 1.00 e. The average Bonchev–Trinajstić information content (AvgIpc) is 1.25. The molecule has 1 saturated heterocycles. The van der Waals surface area contributed by atoms with Crippen molar-refractivity contribution in [2.45, 2.75) is 157 Å². The second-order valence-electron chi connectivity index (χ2n) is 27.3. The molecule has 14 heteroatoms. The minimum atomic E-state index is -4.97. The minimum Gasteiger partial charge on any atom is -0.748 e. The first-order chi connectivity index (χ1) is 41.3. The quantitative estimate of drug-likeness (QED) is 0.0200. The van der Waals surface area contributed by atoms with Crippen molar-refractivity contribution in [2.75, 3.05) is 6.61 Å². The van der Waals surface area contributed by atoms with Gasteiger partial charge in [0.05, 0.1) is 27.1 Å². The second kappa shape index (κ2) is 24.6. The molecule has 15 rings (SSSR count). The van der Waals surface area contributed by atoms with Crippen LogP contribution in [0.2, 0.25) is 0 Å². The van der Waals surface area contributed by atoms with Gasteiger partial charge in [-0.15, -0.1) is 0 Å². The van der Waals surface area contributed by atoms with Gasteiger partial charge in [-0.05, 0) is 223 Å². The summed E-state index contributed by atoms with van der Waals surface area (Å²) in [5, 5.41) is 47.5. The molecule has 15 unspecified atom stereocenters. The van der Waals surface area contributed by atoms with Gasteiger partial charge in [-0.3, -0.25) is 0 Å². The van der Waals surface area contributed by atoms with E-state index >= 15 is 0 Å². The molecule has 12 nitrogen and oxygen atoms in total. The fourth-order valence-corrected chi connectivity index (χ4v) is 18.7. The van der Waals surface area contributed by atoms with Crippen LogP contribution in [0.25, 0.3) is 10.8 Å². The van der Waals surface area contributed by atoms with Gasteiger partial charge in [0.25, 0.3) is 0 Å². The van der Waals surface area contributed by atoms with Crippen LogP contribution in [0.4, 0.5) is 0 Å². The number of nitrogens with zero attached hydrogens (tertiary/aromatic N) is 1. The van der Waals surface area contributed by atoms with Gasteiger partial charge in [0.15, 0.2) is 5.96 Å². The standard InChI is InChI=1S/C73H83N3O9S.Na/c1-42(2)28-51-34-58(79)35-52-31-47(17-24-61(51)52)50-16-18-55-21-27-66(67(72(55,80)40-50)30-44-8-5-4-6-9-44)73(76-71(74)75)56-19-14-46(15-20-56)69-53-32-54(70-63-25-22-57(78)33-48(63)11-7-10-45(41-77)29-60(37-53)84-70)38-65(69)68(86(81,82)83)39-64-43(3)12-13-49-36-59(85-73)23-26-62(49)64;/h4-6,8-9,14-15,17,19-20,22-26,31,33-36,38,42-43,45,50,53,55,60,64-70,77-80H,10,12-13,16,18,21,27-30,32,37,39-41H2,1-3H3,(H4,74,75,76)(H,81,82,83);/q;+1/p-1. The van der Waals surface area contributed by atoms with E-state index in [0.717, 1.165) is 81.0 Å². The molecule has 8 N–H and O–H groups in total. The molecule has 450 valence electrons. The maximum atomic E-state index is 14.5. The van der Waals surface area contributed by atoms with Gasteiger partial charge in [-0.2, -0.15) is 0 Å². The van der Waals surface area contributed by atoms with Crippen LogP contribution in [0.15, 0.2) is 138 Å². The molecule has 0 amide bonds. The van der Waals surface area contributed by atoms with Crippen LogP contribution in [0.1, 0.15) is 165 Å². The second-order valence-corrected chi connectivity index (χ2v) is 28.9. The molecule has 4 aliphatic carbocycles. The Hall–Kier alpha value is -5.66. The van der Waals surface area contributed by atoms with E-state index in [1.807, 2.05) is 54.6 Å². The van der Waals surface area contributed by atoms with Crippen molar-refractivity contribution in [1.29, 1.82) is 0 Å². The molecule has 6 aromatic rings.